The molecule has 0 bridgehead atoms. The van der Waals surface area contributed by atoms with Crippen molar-refractivity contribution in [3.63, 3.8) is 0 Å². The first-order valence-corrected chi connectivity index (χ1v) is 9.94. The molecule has 0 spiro atoms. The molecule has 1 aromatic rings. The lowest BCUT2D eigenvalue weighted by molar-refractivity contribution is -0.480. The lowest BCUT2D eigenvalue weighted by Gasteiger charge is -2.07. The van der Waals surface area contributed by atoms with E-state index >= 15 is 0 Å². The predicted octanol–water partition coefficient (Wildman–Crippen LogP) is 3.48. The van der Waals surface area contributed by atoms with Crippen molar-refractivity contribution in [3.05, 3.63) is 34.4 Å². The minimum absolute atomic E-state index is 0.0990. The van der Waals surface area contributed by atoms with Crippen molar-refractivity contribution in [2.24, 2.45) is 0 Å². The Kier molecular flexibility index (Phi) is 12.3. The topological polar surface area (TPSA) is 107 Å². The lowest BCUT2D eigenvalue weighted by atomic mass is 10.1. The zero-order valence-corrected chi connectivity index (χ0v) is 15.5. The minimum atomic E-state index is -3.67. The molecule has 7 nitrogen and oxygen atoms in total. The first kappa shape index (κ1) is 22.7. The van der Waals surface area contributed by atoms with Crippen LogP contribution in [0.4, 0.5) is 0 Å². The Balaban J connectivity index is 0.000000922. The quantitative estimate of drug-likeness (QED) is 0.212. The van der Waals surface area contributed by atoms with Crippen LogP contribution in [0, 0.1) is 10.1 Å². The standard InChI is InChI=1S/C14H21NO3S.CH4O3S/c16-15(17)11-7-3-1-2-4-8-12-18-13-9-5-6-10-14(13)19;1-5(2,3)4/h5-6,9-10,19H,1-4,7-8,11-12H2;1H3,(H,2,3,4). The number of benzene rings is 1. The predicted molar refractivity (Wildman–Crippen MR) is 96.2 cm³/mol. The summed E-state index contributed by atoms with van der Waals surface area (Å²) in [4.78, 5) is 10.7. The van der Waals surface area contributed by atoms with E-state index in [1.54, 1.807) is 0 Å². The van der Waals surface area contributed by atoms with Gasteiger partial charge in [0.15, 0.2) is 0 Å². The van der Waals surface area contributed by atoms with Gasteiger partial charge in [0, 0.05) is 16.2 Å². The Hall–Kier alpha value is -1.32. The van der Waals surface area contributed by atoms with Gasteiger partial charge in [-0.1, -0.05) is 31.4 Å². The molecule has 9 heteroatoms. The highest BCUT2D eigenvalue weighted by Gasteiger charge is 1.99. The summed E-state index contributed by atoms with van der Waals surface area (Å²) in [7, 11) is -3.67. The van der Waals surface area contributed by atoms with E-state index in [1.165, 1.54) is 0 Å². The van der Waals surface area contributed by atoms with Crippen LogP contribution in [-0.2, 0) is 10.1 Å². The van der Waals surface area contributed by atoms with Gasteiger partial charge in [-0.15, -0.1) is 12.6 Å². The third-order valence-corrected chi connectivity index (χ3v) is 3.23. The average Bonchev–Trinajstić information content (AvgIpc) is 2.45. The van der Waals surface area contributed by atoms with Gasteiger partial charge >= 0.3 is 0 Å². The van der Waals surface area contributed by atoms with Gasteiger partial charge in [0.05, 0.1) is 12.9 Å². The van der Waals surface area contributed by atoms with Gasteiger partial charge in [-0.2, -0.15) is 8.42 Å². The molecule has 1 N–H and O–H groups in total. The summed E-state index contributed by atoms with van der Waals surface area (Å²) in [5.41, 5.74) is 0. The number of hydrogen-bond donors (Lipinski definition) is 2. The Labute approximate surface area is 148 Å². The summed E-state index contributed by atoms with van der Waals surface area (Å²) in [6.07, 6.45) is 6.65. The molecule has 0 fully saturated rings. The maximum absolute atomic E-state index is 10.1. The number of nitro groups is 1. The van der Waals surface area contributed by atoms with Crippen molar-refractivity contribution in [2.75, 3.05) is 19.4 Å². The third kappa shape index (κ3) is 17.0. The molecular weight excluding hydrogens is 354 g/mol. The van der Waals surface area contributed by atoms with Crippen molar-refractivity contribution < 1.29 is 22.6 Å². The van der Waals surface area contributed by atoms with Gasteiger partial charge in [-0.25, -0.2) is 0 Å². The van der Waals surface area contributed by atoms with Crippen LogP contribution in [0.2, 0.25) is 0 Å². The van der Waals surface area contributed by atoms with Crippen LogP contribution in [0.15, 0.2) is 29.2 Å². The van der Waals surface area contributed by atoms with E-state index in [2.05, 4.69) is 12.6 Å². The molecule has 138 valence electrons. The van der Waals surface area contributed by atoms with Crippen LogP contribution in [0.3, 0.4) is 0 Å². The van der Waals surface area contributed by atoms with Crippen molar-refractivity contribution in [1.82, 2.24) is 0 Å². The van der Waals surface area contributed by atoms with Gasteiger partial charge in [0.2, 0.25) is 6.54 Å². The summed E-state index contributed by atoms with van der Waals surface area (Å²) < 4.78 is 31.5. The summed E-state index contributed by atoms with van der Waals surface area (Å²) in [6.45, 7) is 0.800. The summed E-state index contributed by atoms with van der Waals surface area (Å²) in [5.74, 6) is 0.830. The van der Waals surface area contributed by atoms with Crippen LogP contribution >= 0.6 is 12.6 Å². The molecule has 0 aliphatic heterocycles. The number of nitrogens with zero attached hydrogens (tertiary/aromatic N) is 1. The van der Waals surface area contributed by atoms with Gasteiger partial charge in [0.1, 0.15) is 5.75 Å². The number of para-hydroxylation sites is 1. The summed E-state index contributed by atoms with van der Waals surface area (Å²) in [6, 6.07) is 7.69. The van der Waals surface area contributed by atoms with Crippen molar-refractivity contribution in [2.45, 2.75) is 43.4 Å². The van der Waals surface area contributed by atoms with E-state index in [-0.39, 0.29) is 11.5 Å². The Morgan fingerprint density at radius 1 is 1.12 bits per heavy atom. The molecule has 1 aromatic carbocycles. The number of thiol groups is 1. The summed E-state index contributed by atoms with van der Waals surface area (Å²) in [5, 5.41) is 10.1. The number of ether oxygens (including phenoxy) is 1. The molecule has 0 aromatic heterocycles. The van der Waals surface area contributed by atoms with E-state index in [9.17, 15) is 18.5 Å². The Morgan fingerprint density at radius 2 is 1.62 bits per heavy atom. The average molecular weight is 379 g/mol. The highest BCUT2D eigenvalue weighted by molar-refractivity contribution is 7.85. The highest BCUT2D eigenvalue weighted by atomic mass is 32.2. The van der Waals surface area contributed by atoms with Crippen molar-refractivity contribution in [3.8, 4) is 5.75 Å². The second kappa shape index (κ2) is 13.0. The molecular formula is C15H25NO6S2. The maximum atomic E-state index is 10.1. The first-order chi connectivity index (χ1) is 11.2. The second-order valence-corrected chi connectivity index (χ2v) is 7.17. The fourth-order valence-corrected chi connectivity index (χ4v) is 2.04. The maximum Gasteiger partial charge on any atom is 0.261 e. The normalized spacial score (nSPS) is 10.6. The third-order valence-electron chi connectivity index (χ3n) is 2.86. The zero-order valence-electron chi connectivity index (χ0n) is 13.8. The van der Waals surface area contributed by atoms with Crippen molar-refractivity contribution in [1.29, 1.82) is 0 Å². The van der Waals surface area contributed by atoms with Crippen LogP contribution < -0.4 is 4.74 Å². The second-order valence-electron chi connectivity index (χ2n) is 5.23. The molecule has 0 saturated heterocycles. The fraction of sp³-hybridized carbons (Fsp3) is 0.600. The molecule has 0 saturated carbocycles. The lowest BCUT2D eigenvalue weighted by Crippen LogP contribution is -2.00. The van der Waals surface area contributed by atoms with Crippen LogP contribution in [0.1, 0.15) is 38.5 Å². The number of unbranched alkanes of at least 4 members (excludes halogenated alkanes) is 5. The Bertz CT molecular complexity index is 569. The van der Waals surface area contributed by atoms with E-state index in [0.29, 0.717) is 19.3 Å². The minimum Gasteiger partial charge on any atom is -0.492 e. The van der Waals surface area contributed by atoms with E-state index in [1.807, 2.05) is 24.3 Å². The van der Waals surface area contributed by atoms with E-state index in [0.717, 1.165) is 42.7 Å². The smallest absolute Gasteiger partial charge is 0.261 e. The fourth-order valence-electron chi connectivity index (χ4n) is 1.81. The Morgan fingerprint density at radius 3 is 2.17 bits per heavy atom. The molecule has 1 rings (SSSR count). The molecule has 0 atom stereocenters. The molecule has 0 unspecified atom stereocenters. The zero-order chi connectivity index (χ0) is 18.4. The largest absolute Gasteiger partial charge is 0.492 e. The molecule has 0 aliphatic rings. The van der Waals surface area contributed by atoms with E-state index < -0.39 is 10.1 Å². The molecule has 0 aliphatic carbocycles. The first-order valence-electron chi connectivity index (χ1n) is 7.65. The van der Waals surface area contributed by atoms with Crippen LogP contribution in [0.25, 0.3) is 0 Å². The van der Waals surface area contributed by atoms with Crippen LogP contribution in [0.5, 0.6) is 5.75 Å². The van der Waals surface area contributed by atoms with Crippen molar-refractivity contribution >= 4 is 22.7 Å². The van der Waals surface area contributed by atoms with Crippen LogP contribution in [-0.4, -0.2) is 37.3 Å². The van der Waals surface area contributed by atoms with Gasteiger partial charge < -0.3 is 4.74 Å². The van der Waals surface area contributed by atoms with Gasteiger partial charge in [-0.05, 0) is 25.0 Å². The molecule has 24 heavy (non-hydrogen) atoms. The van der Waals surface area contributed by atoms with Gasteiger partial charge in [0.25, 0.3) is 10.1 Å². The van der Waals surface area contributed by atoms with Gasteiger partial charge in [-0.3, -0.25) is 14.7 Å². The molecule has 0 radical (unpaired) electrons. The summed E-state index contributed by atoms with van der Waals surface area (Å²) >= 11 is 4.32. The highest BCUT2D eigenvalue weighted by Crippen LogP contribution is 2.21. The number of rotatable bonds is 10. The van der Waals surface area contributed by atoms with E-state index in [4.69, 9.17) is 9.29 Å². The molecule has 0 heterocycles. The SMILES string of the molecule is CS(=O)(=O)O.O=[N+]([O-])CCCCCCCCOc1ccccc1S. The molecule has 0 amide bonds. The number of hydrogen-bond acceptors (Lipinski definition) is 6. The monoisotopic (exact) mass is 379 g/mol.